The number of carbonyl (C=O) groups is 1. The number of benzene rings is 1. The fraction of sp³-hybridized carbons (Fsp3) is 0.500. The number of hydrogen-bond donors (Lipinski definition) is 3. The van der Waals surface area contributed by atoms with E-state index in [1.54, 1.807) is 11.8 Å². The first-order chi connectivity index (χ1) is 9.06. The van der Waals surface area contributed by atoms with Crippen LogP contribution in [-0.4, -0.2) is 35.6 Å². The minimum Gasteiger partial charge on any atom is -0.387 e. The maximum Gasteiger partial charge on any atom is 0.237 e. The van der Waals surface area contributed by atoms with Gasteiger partial charge in [0, 0.05) is 6.54 Å². The Morgan fingerprint density at radius 1 is 1.47 bits per heavy atom. The van der Waals surface area contributed by atoms with E-state index in [1.807, 2.05) is 37.4 Å². The first-order valence-electron chi connectivity index (χ1n) is 6.32. The molecule has 0 aromatic heterocycles. The molecule has 1 rings (SSSR count). The third-order valence-electron chi connectivity index (χ3n) is 2.99. The van der Waals surface area contributed by atoms with Gasteiger partial charge in [-0.3, -0.25) is 4.79 Å². The Kier molecular flexibility index (Phi) is 6.91. The molecule has 0 saturated heterocycles. The number of aliphatic hydroxyl groups is 1. The van der Waals surface area contributed by atoms with Crippen LogP contribution in [0, 0.1) is 6.92 Å². The molecule has 0 aliphatic carbocycles. The highest BCUT2D eigenvalue weighted by molar-refractivity contribution is 7.98. The van der Waals surface area contributed by atoms with Crippen molar-refractivity contribution in [1.29, 1.82) is 0 Å². The lowest BCUT2D eigenvalue weighted by atomic mass is 10.0. The molecule has 5 heteroatoms. The normalized spacial score (nSPS) is 13.9. The zero-order valence-corrected chi connectivity index (χ0v) is 12.2. The molecule has 1 amide bonds. The zero-order chi connectivity index (χ0) is 14.3. The van der Waals surface area contributed by atoms with E-state index in [9.17, 15) is 9.90 Å². The predicted octanol–water partition coefficient (Wildman–Crippen LogP) is 1.23. The molecule has 4 nitrogen and oxygen atoms in total. The first kappa shape index (κ1) is 16.0. The average Bonchev–Trinajstić information content (AvgIpc) is 2.42. The average molecular weight is 282 g/mol. The SMILES string of the molecule is CSCC[C@H](N)C(=O)NCC(O)c1ccccc1C. The Hall–Kier alpha value is -1.04. The van der Waals surface area contributed by atoms with E-state index < -0.39 is 12.1 Å². The minimum absolute atomic E-state index is 0.191. The number of nitrogens with one attached hydrogen (secondary N) is 1. The molecular weight excluding hydrogens is 260 g/mol. The quantitative estimate of drug-likeness (QED) is 0.703. The Balaban J connectivity index is 2.44. The Morgan fingerprint density at radius 3 is 2.79 bits per heavy atom. The second-order valence-corrected chi connectivity index (χ2v) is 5.49. The summed E-state index contributed by atoms with van der Waals surface area (Å²) in [6.45, 7) is 2.13. The number of nitrogens with two attached hydrogens (primary N) is 1. The van der Waals surface area contributed by atoms with Crippen LogP contribution in [0.25, 0.3) is 0 Å². The van der Waals surface area contributed by atoms with Crippen LogP contribution >= 0.6 is 11.8 Å². The van der Waals surface area contributed by atoms with Crippen LogP contribution in [0.5, 0.6) is 0 Å². The van der Waals surface area contributed by atoms with Gasteiger partial charge in [0.25, 0.3) is 0 Å². The van der Waals surface area contributed by atoms with E-state index in [2.05, 4.69) is 5.32 Å². The van der Waals surface area contributed by atoms with Gasteiger partial charge in [0.15, 0.2) is 0 Å². The van der Waals surface area contributed by atoms with Crippen LogP contribution in [-0.2, 0) is 4.79 Å². The van der Waals surface area contributed by atoms with Gasteiger partial charge >= 0.3 is 0 Å². The molecule has 1 aromatic rings. The van der Waals surface area contributed by atoms with Gasteiger partial charge in [0.05, 0.1) is 12.1 Å². The lowest BCUT2D eigenvalue weighted by molar-refractivity contribution is -0.122. The van der Waals surface area contributed by atoms with Crippen molar-refractivity contribution in [3.05, 3.63) is 35.4 Å². The van der Waals surface area contributed by atoms with Crippen LogP contribution in [0.15, 0.2) is 24.3 Å². The fourth-order valence-electron chi connectivity index (χ4n) is 1.77. The van der Waals surface area contributed by atoms with Crippen LogP contribution in [0.2, 0.25) is 0 Å². The summed E-state index contributed by atoms with van der Waals surface area (Å²) in [5.41, 5.74) is 7.59. The van der Waals surface area contributed by atoms with Crippen LogP contribution in [0.1, 0.15) is 23.7 Å². The largest absolute Gasteiger partial charge is 0.387 e. The molecule has 2 atom stereocenters. The van der Waals surface area contributed by atoms with Gasteiger partial charge in [-0.05, 0) is 36.5 Å². The third-order valence-corrected chi connectivity index (χ3v) is 3.63. The Bertz CT molecular complexity index is 412. The number of aliphatic hydroxyl groups excluding tert-OH is 1. The highest BCUT2D eigenvalue weighted by Crippen LogP contribution is 2.16. The number of carbonyl (C=O) groups excluding carboxylic acids is 1. The summed E-state index contributed by atoms with van der Waals surface area (Å²) >= 11 is 1.66. The van der Waals surface area contributed by atoms with Gasteiger partial charge in [-0.25, -0.2) is 0 Å². The number of hydrogen-bond acceptors (Lipinski definition) is 4. The summed E-state index contributed by atoms with van der Waals surface area (Å²) in [6, 6.07) is 7.08. The smallest absolute Gasteiger partial charge is 0.237 e. The zero-order valence-electron chi connectivity index (χ0n) is 11.4. The second-order valence-electron chi connectivity index (χ2n) is 4.51. The van der Waals surface area contributed by atoms with Gasteiger partial charge in [-0.2, -0.15) is 11.8 Å². The molecule has 19 heavy (non-hydrogen) atoms. The van der Waals surface area contributed by atoms with Crippen LogP contribution < -0.4 is 11.1 Å². The molecule has 0 fully saturated rings. The van der Waals surface area contributed by atoms with Gasteiger partial charge in [0.2, 0.25) is 5.91 Å². The summed E-state index contributed by atoms with van der Waals surface area (Å²) in [5.74, 6) is 0.649. The molecule has 0 bridgehead atoms. The van der Waals surface area contributed by atoms with Crippen LogP contribution in [0.4, 0.5) is 0 Å². The third kappa shape index (κ3) is 5.22. The molecule has 0 aliphatic rings. The summed E-state index contributed by atoms with van der Waals surface area (Å²) in [5, 5.41) is 12.7. The Morgan fingerprint density at radius 2 is 2.16 bits per heavy atom. The van der Waals surface area contributed by atoms with Crippen molar-refractivity contribution in [2.75, 3.05) is 18.6 Å². The number of rotatable bonds is 7. The highest BCUT2D eigenvalue weighted by atomic mass is 32.2. The van der Waals surface area contributed by atoms with Gasteiger partial charge in [-0.15, -0.1) is 0 Å². The van der Waals surface area contributed by atoms with Crippen molar-refractivity contribution in [3.63, 3.8) is 0 Å². The molecule has 0 saturated carbocycles. The standard InChI is InChI=1S/C14H22N2O2S/c1-10-5-3-4-6-11(10)13(17)9-16-14(18)12(15)7-8-19-2/h3-6,12-13,17H,7-9,15H2,1-2H3,(H,16,18)/t12-,13?/m0/s1. The number of amides is 1. The predicted molar refractivity (Wildman–Crippen MR) is 80.1 cm³/mol. The van der Waals surface area contributed by atoms with Gasteiger partial charge in [0.1, 0.15) is 0 Å². The van der Waals surface area contributed by atoms with E-state index in [0.29, 0.717) is 6.42 Å². The minimum atomic E-state index is -0.696. The molecule has 0 aliphatic heterocycles. The highest BCUT2D eigenvalue weighted by Gasteiger charge is 2.15. The molecule has 0 spiro atoms. The van der Waals surface area contributed by atoms with Crippen molar-refractivity contribution >= 4 is 17.7 Å². The maximum absolute atomic E-state index is 11.7. The second kappa shape index (κ2) is 8.19. The summed E-state index contributed by atoms with van der Waals surface area (Å²) in [6.07, 6.45) is 1.93. The lowest BCUT2D eigenvalue weighted by Crippen LogP contribution is -2.42. The van der Waals surface area contributed by atoms with Crippen LogP contribution in [0.3, 0.4) is 0 Å². The number of aryl methyl sites for hydroxylation is 1. The van der Waals surface area contributed by atoms with Crippen molar-refractivity contribution in [3.8, 4) is 0 Å². The first-order valence-corrected chi connectivity index (χ1v) is 7.71. The summed E-state index contributed by atoms with van der Waals surface area (Å²) in [4.78, 5) is 11.7. The fourth-order valence-corrected chi connectivity index (χ4v) is 2.26. The lowest BCUT2D eigenvalue weighted by Gasteiger charge is -2.16. The van der Waals surface area contributed by atoms with Crippen molar-refractivity contribution < 1.29 is 9.90 Å². The van der Waals surface area contributed by atoms with E-state index >= 15 is 0 Å². The van der Waals surface area contributed by atoms with Gasteiger partial charge < -0.3 is 16.2 Å². The van der Waals surface area contributed by atoms with Crippen molar-refractivity contribution in [2.45, 2.75) is 25.5 Å². The summed E-state index contributed by atoms with van der Waals surface area (Å²) < 4.78 is 0. The van der Waals surface area contributed by atoms with E-state index in [-0.39, 0.29) is 12.5 Å². The Labute approximate surface area is 118 Å². The van der Waals surface area contributed by atoms with Crippen molar-refractivity contribution in [2.24, 2.45) is 5.73 Å². The van der Waals surface area contributed by atoms with Gasteiger partial charge in [-0.1, -0.05) is 24.3 Å². The molecule has 1 unspecified atom stereocenters. The molecule has 0 heterocycles. The molecule has 1 aromatic carbocycles. The molecule has 4 N–H and O–H groups in total. The van der Waals surface area contributed by atoms with E-state index in [4.69, 9.17) is 5.73 Å². The number of thioether (sulfide) groups is 1. The van der Waals surface area contributed by atoms with Crippen molar-refractivity contribution in [1.82, 2.24) is 5.32 Å². The maximum atomic E-state index is 11.7. The molecular formula is C14H22N2O2S. The van der Waals surface area contributed by atoms with E-state index in [0.717, 1.165) is 16.9 Å². The van der Waals surface area contributed by atoms with E-state index in [1.165, 1.54) is 0 Å². The molecule has 106 valence electrons. The summed E-state index contributed by atoms with van der Waals surface area (Å²) in [7, 11) is 0. The molecule has 0 radical (unpaired) electrons. The monoisotopic (exact) mass is 282 g/mol. The topological polar surface area (TPSA) is 75.4 Å².